The number of carbonyl (C=O) groups is 4. The number of nitrogens with one attached hydrogen (secondary N) is 2. The molecule has 4 aromatic rings. The van der Waals surface area contributed by atoms with E-state index in [-0.39, 0.29) is 31.0 Å². The number of hydrogen-bond acceptors (Lipinski definition) is 12. The maximum atomic E-state index is 15.0. The summed E-state index contributed by atoms with van der Waals surface area (Å²) < 4.78 is 35.9. The summed E-state index contributed by atoms with van der Waals surface area (Å²) in [5.74, 6) is -2.89. The first-order valence-electron chi connectivity index (χ1n) is 20.2. The summed E-state index contributed by atoms with van der Waals surface area (Å²) in [6, 6.07) is 15.3. The lowest BCUT2D eigenvalue weighted by molar-refractivity contribution is -0.181. The van der Waals surface area contributed by atoms with Gasteiger partial charge in [-0.25, -0.2) is 23.4 Å². The van der Waals surface area contributed by atoms with Crippen molar-refractivity contribution in [2.75, 3.05) is 6.54 Å². The van der Waals surface area contributed by atoms with E-state index in [9.17, 15) is 22.8 Å². The molecule has 5 heterocycles. The van der Waals surface area contributed by atoms with Crippen LogP contribution in [0.5, 0.6) is 5.88 Å². The normalized spacial score (nSPS) is 28.2. The Kier molecular flexibility index (Phi) is 10.2. The minimum Gasteiger partial charge on any atom is -0.471 e. The van der Waals surface area contributed by atoms with Crippen molar-refractivity contribution >= 4 is 66.1 Å². The number of primary amides is 1. The van der Waals surface area contributed by atoms with E-state index in [4.69, 9.17) is 25.3 Å². The number of amides is 4. The van der Waals surface area contributed by atoms with Crippen LogP contribution in [0.2, 0.25) is 0 Å². The minimum absolute atomic E-state index is 0.0129. The first-order valence-corrected chi connectivity index (χ1v) is 22.5. The van der Waals surface area contributed by atoms with Crippen molar-refractivity contribution in [2.45, 2.75) is 99.8 Å². The Morgan fingerprint density at radius 3 is 2.54 bits per heavy atom. The van der Waals surface area contributed by atoms with Crippen LogP contribution in [0.25, 0.3) is 31.7 Å². The average Bonchev–Trinajstić information content (AvgIpc) is 4.04. The first-order chi connectivity index (χ1) is 28.4. The second-order valence-corrected chi connectivity index (χ2v) is 19.1. The lowest BCUT2D eigenvalue weighted by atomic mass is 10.0. The Morgan fingerprint density at radius 1 is 1.02 bits per heavy atom. The summed E-state index contributed by atoms with van der Waals surface area (Å²) >= 11 is 1.54. The molecule has 2 aromatic carbocycles. The Bertz CT molecular complexity index is 2500. The molecule has 9 rings (SSSR count). The van der Waals surface area contributed by atoms with E-state index >= 15 is 4.79 Å². The number of ether oxygens (including phenoxy) is 1. The van der Waals surface area contributed by atoms with Crippen LogP contribution < -0.4 is 20.5 Å². The molecule has 3 fully saturated rings. The zero-order chi connectivity index (χ0) is 41.1. The maximum Gasteiger partial charge on any atom is 0.267 e. The molecule has 0 radical (unpaired) electrons. The molecule has 2 aliphatic carbocycles. The van der Waals surface area contributed by atoms with Gasteiger partial charge in [-0.1, -0.05) is 55.3 Å². The SMILES string of the molecule is CC1C=C(C(N)=O)N([C@H]2CCCCC/C=C\[C@@H]3C[C@@]3(C(=O)NS(=O)(=O)C3CC3)NC(=O)[C@@H]3C[C@@H](Oc4nc5ccccc5nc4-c4cc5ccccc5s4)CN3C2=O)O1. The summed E-state index contributed by atoms with van der Waals surface area (Å²) in [5, 5.41) is 4.59. The zero-order valence-corrected chi connectivity index (χ0v) is 34.0. The predicted molar refractivity (Wildman–Crippen MR) is 220 cm³/mol. The van der Waals surface area contributed by atoms with E-state index in [0.29, 0.717) is 48.8 Å². The fourth-order valence-electron chi connectivity index (χ4n) is 8.39. The molecule has 17 heteroatoms. The summed E-state index contributed by atoms with van der Waals surface area (Å²) in [4.78, 5) is 74.4. The van der Waals surface area contributed by atoms with Crippen LogP contribution in [0.1, 0.15) is 64.7 Å². The van der Waals surface area contributed by atoms with Crippen LogP contribution in [0.15, 0.2) is 78.5 Å². The van der Waals surface area contributed by atoms with Gasteiger partial charge in [0.2, 0.25) is 27.7 Å². The molecular formula is C42H45N7O8S2. The molecular weight excluding hydrogens is 795 g/mol. The lowest BCUT2D eigenvalue weighted by Gasteiger charge is -2.34. The number of allylic oxidation sites excluding steroid dienone is 1. The van der Waals surface area contributed by atoms with Gasteiger partial charge >= 0.3 is 0 Å². The number of fused-ring (bicyclic) bond motifs is 4. The van der Waals surface area contributed by atoms with Gasteiger partial charge < -0.3 is 20.7 Å². The van der Waals surface area contributed by atoms with Crippen molar-refractivity contribution in [2.24, 2.45) is 11.7 Å². The monoisotopic (exact) mass is 839 g/mol. The van der Waals surface area contributed by atoms with Crippen LogP contribution in [-0.2, 0) is 34.0 Å². The topological polar surface area (TPSA) is 203 Å². The van der Waals surface area contributed by atoms with Crippen LogP contribution >= 0.6 is 11.3 Å². The van der Waals surface area contributed by atoms with E-state index in [1.807, 2.05) is 66.7 Å². The number of thiophene rings is 1. The number of benzene rings is 2. The van der Waals surface area contributed by atoms with Crippen molar-refractivity contribution < 1.29 is 37.2 Å². The lowest BCUT2D eigenvalue weighted by Crippen LogP contribution is -2.58. The highest BCUT2D eigenvalue weighted by atomic mass is 32.2. The fourth-order valence-corrected chi connectivity index (χ4v) is 10.8. The molecule has 2 saturated carbocycles. The van der Waals surface area contributed by atoms with Crippen LogP contribution in [0.4, 0.5) is 0 Å². The number of hydroxylamine groups is 2. The molecule has 0 spiro atoms. The van der Waals surface area contributed by atoms with E-state index in [2.05, 4.69) is 10.0 Å². The van der Waals surface area contributed by atoms with E-state index in [1.165, 1.54) is 9.96 Å². The second-order valence-electron chi connectivity index (χ2n) is 16.1. The third kappa shape index (κ3) is 7.66. The molecule has 3 aliphatic heterocycles. The van der Waals surface area contributed by atoms with Gasteiger partial charge in [-0.05, 0) is 81.2 Å². The standard InChI is InChI=1S/C42H45N7O8S2/c1-24-19-32(37(43)50)49(57-24)31-15-6-4-2-3-5-12-26-22-42(26,41(53)47-59(54,55)28-17-18-28)46-38(51)33-21-27(23-48(33)40(31)52)56-39-36(44-29-13-8-9-14-30(29)45-39)35-20-25-11-7-10-16-34(25)58-35/h5,7-14,16,19-20,24,26-28,31,33H,2-4,6,15,17-18,21-23H2,1H3,(H2,43,50)(H,46,51)(H,47,53)/b12-5-/t24?,26-,27-,31+,33+,42-/m1/s1. The van der Waals surface area contributed by atoms with Gasteiger partial charge in [0.05, 0.1) is 27.7 Å². The number of para-hydroxylation sites is 2. The molecule has 4 amide bonds. The van der Waals surface area contributed by atoms with Crippen molar-refractivity contribution in [1.82, 2.24) is 30.0 Å². The van der Waals surface area contributed by atoms with Crippen molar-refractivity contribution in [1.29, 1.82) is 0 Å². The molecule has 15 nitrogen and oxygen atoms in total. The van der Waals surface area contributed by atoms with Crippen molar-refractivity contribution in [3.05, 3.63) is 78.5 Å². The third-order valence-corrected chi connectivity index (χ3v) is 14.7. The van der Waals surface area contributed by atoms with Gasteiger partial charge in [0.1, 0.15) is 41.2 Å². The van der Waals surface area contributed by atoms with Gasteiger partial charge in [0.25, 0.3) is 11.8 Å². The highest BCUT2D eigenvalue weighted by Crippen LogP contribution is 2.46. The first kappa shape index (κ1) is 39.1. The van der Waals surface area contributed by atoms with Gasteiger partial charge in [-0.2, -0.15) is 0 Å². The summed E-state index contributed by atoms with van der Waals surface area (Å²) in [6.07, 6.45) is 8.34. The van der Waals surface area contributed by atoms with Gasteiger partial charge in [-0.3, -0.25) is 28.7 Å². The molecule has 59 heavy (non-hydrogen) atoms. The summed E-state index contributed by atoms with van der Waals surface area (Å²) in [6.45, 7) is 1.69. The Labute approximate surface area is 345 Å². The van der Waals surface area contributed by atoms with Crippen LogP contribution in [-0.4, -0.2) is 93.6 Å². The number of nitrogens with zero attached hydrogens (tertiary/aromatic N) is 4. The number of hydrogen-bond donors (Lipinski definition) is 3. The van der Waals surface area contributed by atoms with Gasteiger partial charge in [-0.15, -0.1) is 11.3 Å². The highest BCUT2D eigenvalue weighted by Gasteiger charge is 2.62. The molecule has 308 valence electrons. The number of nitrogens with two attached hydrogens (primary N) is 1. The molecule has 5 aliphatic rings. The van der Waals surface area contributed by atoms with Gasteiger partial charge in [0, 0.05) is 17.0 Å². The molecule has 0 bridgehead atoms. The number of aromatic nitrogens is 2. The summed E-state index contributed by atoms with van der Waals surface area (Å²) in [5.41, 5.74) is 6.09. The molecule has 2 aromatic heterocycles. The molecule has 6 atom stereocenters. The highest BCUT2D eigenvalue weighted by molar-refractivity contribution is 7.91. The van der Waals surface area contributed by atoms with Gasteiger partial charge in [0.15, 0.2) is 0 Å². The number of sulfonamides is 1. The van der Waals surface area contributed by atoms with Crippen LogP contribution in [0.3, 0.4) is 0 Å². The number of rotatable bonds is 8. The van der Waals surface area contributed by atoms with Crippen molar-refractivity contribution in [3.63, 3.8) is 0 Å². The fraction of sp³-hybridized carbons (Fsp3) is 0.429. The molecule has 1 saturated heterocycles. The van der Waals surface area contributed by atoms with E-state index in [0.717, 1.165) is 27.8 Å². The maximum absolute atomic E-state index is 15.0. The second kappa shape index (κ2) is 15.3. The molecule has 1 unspecified atom stereocenters. The Balaban J connectivity index is 1.08. The third-order valence-electron chi connectivity index (χ3n) is 11.7. The molecule has 4 N–H and O–H groups in total. The zero-order valence-electron chi connectivity index (χ0n) is 32.4. The Morgan fingerprint density at radius 2 is 1.78 bits per heavy atom. The van der Waals surface area contributed by atoms with Crippen molar-refractivity contribution in [3.8, 4) is 16.5 Å². The van der Waals surface area contributed by atoms with Crippen LogP contribution in [0, 0.1) is 5.92 Å². The summed E-state index contributed by atoms with van der Waals surface area (Å²) in [7, 11) is -3.92. The van der Waals surface area contributed by atoms with E-state index in [1.54, 1.807) is 24.3 Å². The quantitative estimate of drug-likeness (QED) is 0.214. The largest absolute Gasteiger partial charge is 0.471 e. The average molecular weight is 840 g/mol. The minimum atomic E-state index is -3.92. The Hall–Kier alpha value is -5.39. The number of carbonyl (C=O) groups excluding carboxylic acids is 4. The predicted octanol–water partition coefficient (Wildman–Crippen LogP) is 4.24. The smallest absolute Gasteiger partial charge is 0.267 e. The van der Waals surface area contributed by atoms with E-state index < -0.39 is 74.7 Å².